The lowest BCUT2D eigenvalue weighted by molar-refractivity contribution is -0.139. The van der Waals surface area contributed by atoms with Crippen molar-refractivity contribution >= 4 is 47.0 Å². The summed E-state index contributed by atoms with van der Waals surface area (Å²) in [7, 11) is 1.57. The summed E-state index contributed by atoms with van der Waals surface area (Å²) < 4.78 is 10.5. The second kappa shape index (κ2) is 10.1. The van der Waals surface area contributed by atoms with Crippen LogP contribution in [0.15, 0.2) is 58.6 Å². The number of halogens is 2. The number of hydrogen-bond acceptors (Lipinski definition) is 5. The van der Waals surface area contributed by atoms with Gasteiger partial charge in [-0.15, -0.1) is 11.8 Å². The van der Waals surface area contributed by atoms with Crippen LogP contribution < -0.4 is 15.4 Å². The Morgan fingerprint density at radius 3 is 2.57 bits per heavy atom. The fourth-order valence-corrected chi connectivity index (χ4v) is 4.43. The Labute approximate surface area is 188 Å². The molecule has 9 heteroatoms. The van der Waals surface area contributed by atoms with Crippen LogP contribution in [-0.4, -0.2) is 31.5 Å². The van der Waals surface area contributed by atoms with Crippen LogP contribution in [0.2, 0.25) is 10.0 Å². The minimum absolute atomic E-state index is 0.214. The van der Waals surface area contributed by atoms with Gasteiger partial charge in [-0.25, -0.2) is 9.59 Å². The number of benzene rings is 2. The van der Waals surface area contributed by atoms with Crippen LogP contribution in [0.5, 0.6) is 5.75 Å². The number of ether oxygens (including phenoxy) is 2. The average molecular weight is 467 g/mol. The van der Waals surface area contributed by atoms with Crippen molar-refractivity contribution in [2.45, 2.75) is 17.9 Å². The van der Waals surface area contributed by atoms with Crippen LogP contribution >= 0.6 is 35.0 Å². The van der Waals surface area contributed by atoms with E-state index in [0.717, 1.165) is 10.5 Å². The predicted molar refractivity (Wildman–Crippen MR) is 118 cm³/mol. The molecule has 2 aromatic rings. The molecule has 0 saturated heterocycles. The lowest BCUT2D eigenvalue weighted by Crippen LogP contribution is -2.46. The average Bonchev–Trinajstić information content (AvgIpc) is 2.74. The Morgan fingerprint density at radius 2 is 1.90 bits per heavy atom. The highest BCUT2D eigenvalue weighted by molar-refractivity contribution is 7.99. The number of hydrogen-bond donors (Lipinski definition) is 2. The van der Waals surface area contributed by atoms with E-state index in [1.165, 1.54) is 11.8 Å². The highest BCUT2D eigenvalue weighted by Gasteiger charge is 2.33. The highest BCUT2D eigenvalue weighted by atomic mass is 35.5. The fourth-order valence-electron chi connectivity index (χ4n) is 2.97. The third kappa shape index (κ3) is 5.22. The van der Waals surface area contributed by atoms with E-state index in [4.69, 9.17) is 32.7 Å². The summed E-state index contributed by atoms with van der Waals surface area (Å²) >= 11 is 13.7. The van der Waals surface area contributed by atoms with Crippen molar-refractivity contribution in [2.24, 2.45) is 0 Å². The summed E-state index contributed by atoms with van der Waals surface area (Å²) in [5.74, 6) is 0.472. The van der Waals surface area contributed by atoms with E-state index < -0.39 is 18.0 Å². The van der Waals surface area contributed by atoms with Gasteiger partial charge in [-0.1, -0.05) is 35.3 Å². The van der Waals surface area contributed by atoms with Gasteiger partial charge in [0.25, 0.3) is 0 Å². The van der Waals surface area contributed by atoms with Crippen LogP contribution in [0, 0.1) is 0 Å². The third-order valence-corrected chi connectivity index (χ3v) is 6.12. The topological polar surface area (TPSA) is 76.7 Å². The minimum atomic E-state index is -0.658. The van der Waals surface area contributed by atoms with E-state index in [1.54, 1.807) is 56.5 Å². The van der Waals surface area contributed by atoms with Crippen LogP contribution in [-0.2, 0) is 9.53 Å². The minimum Gasteiger partial charge on any atom is -0.497 e. The molecule has 0 aromatic heterocycles. The Hall–Kier alpha value is -2.35. The van der Waals surface area contributed by atoms with E-state index in [0.29, 0.717) is 32.8 Å². The number of methoxy groups -OCH3 is 1. The van der Waals surface area contributed by atoms with Crippen molar-refractivity contribution in [1.29, 1.82) is 0 Å². The number of esters is 1. The van der Waals surface area contributed by atoms with Crippen molar-refractivity contribution in [3.05, 3.63) is 69.3 Å². The second-order valence-corrected chi connectivity index (χ2v) is 8.14. The van der Waals surface area contributed by atoms with Gasteiger partial charge in [0.15, 0.2) is 0 Å². The summed E-state index contributed by atoms with van der Waals surface area (Å²) in [4.78, 5) is 25.9. The van der Waals surface area contributed by atoms with Crippen molar-refractivity contribution < 1.29 is 19.1 Å². The Bertz CT molecular complexity index is 979. The lowest BCUT2D eigenvalue weighted by Gasteiger charge is -2.29. The maximum absolute atomic E-state index is 12.8. The molecular formula is C21H20Cl2N2O4S. The normalized spacial score (nSPS) is 16.0. The molecule has 1 aliphatic heterocycles. The van der Waals surface area contributed by atoms with E-state index in [9.17, 15) is 9.59 Å². The molecule has 0 radical (unpaired) electrons. The third-order valence-electron chi connectivity index (χ3n) is 4.36. The van der Waals surface area contributed by atoms with Crippen molar-refractivity contribution in [3.63, 3.8) is 0 Å². The lowest BCUT2D eigenvalue weighted by atomic mass is 9.95. The maximum atomic E-state index is 12.8. The summed E-state index contributed by atoms with van der Waals surface area (Å²) in [5, 5.41) is 6.63. The summed E-state index contributed by atoms with van der Waals surface area (Å²) in [6.45, 7) is 1.95. The largest absolute Gasteiger partial charge is 0.497 e. The molecule has 1 aliphatic rings. The smallest absolute Gasteiger partial charge is 0.338 e. The number of nitrogens with one attached hydrogen (secondary N) is 2. The number of amides is 2. The van der Waals surface area contributed by atoms with E-state index >= 15 is 0 Å². The number of carbonyl (C=O) groups is 2. The molecule has 2 aromatic carbocycles. The number of urea groups is 1. The predicted octanol–water partition coefficient (Wildman–Crippen LogP) is 4.97. The van der Waals surface area contributed by atoms with E-state index in [1.807, 2.05) is 0 Å². The standard InChI is InChI=1S/C21H20Cl2N2O4S/c1-3-29-20(26)18-16(11-30-17-10-13(22)6-9-15(17)23)24-21(27)25-19(18)12-4-7-14(28-2)8-5-12/h4-10,19H,3,11H2,1-2H3,(H2,24,25,27)/t19-/m0/s1. The highest BCUT2D eigenvalue weighted by Crippen LogP contribution is 2.34. The van der Waals surface area contributed by atoms with Gasteiger partial charge in [-0.3, -0.25) is 0 Å². The molecule has 2 amide bonds. The first-order valence-electron chi connectivity index (χ1n) is 9.12. The van der Waals surface area contributed by atoms with Gasteiger partial charge in [0.1, 0.15) is 5.75 Å². The van der Waals surface area contributed by atoms with E-state index in [2.05, 4.69) is 10.6 Å². The Morgan fingerprint density at radius 1 is 1.17 bits per heavy atom. The number of thioether (sulfide) groups is 1. The Kier molecular flexibility index (Phi) is 7.53. The first-order chi connectivity index (χ1) is 14.4. The molecule has 0 saturated carbocycles. The zero-order valence-corrected chi connectivity index (χ0v) is 18.7. The van der Waals surface area contributed by atoms with Gasteiger partial charge in [0.05, 0.1) is 30.4 Å². The zero-order chi connectivity index (χ0) is 21.7. The van der Waals surface area contributed by atoms with Gasteiger partial charge >= 0.3 is 12.0 Å². The molecule has 1 atom stereocenters. The van der Waals surface area contributed by atoms with Crippen LogP contribution in [0.25, 0.3) is 0 Å². The maximum Gasteiger partial charge on any atom is 0.338 e. The van der Waals surface area contributed by atoms with Gasteiger partial charge in [0, 0.05) is 21.4 Å². The first kappa shape index (κ1) is 22.3. The van der Waals surface area contributed by atoms with Crippen LogP contribution in [0.4, 0.5) is 4.79 Å². The fraction of sp³-hybridized carbons (Fsp3) is 0.238. The van der Waals surface area contributed by atoms with Crippen LogP contribution in [0.1, 0.15) is 18.5 Å². The number of rotatable bonds is 7. The van der Waals surface area contributed by atoms with Gasteiger partial charge in [0.2, 0.25) is 0 Å². The molecule has 0 fully saturated rings. The van der Waals surface area contributed by atoms with Gasteiger partial charge in [-0.05, 0) is 42.8 Å². The Balaban J connectivity index is 1.97. The zero-order valence-electron chi connectivity index (χ0n) is 16.3. The molecule has 6 nitrogen and oxygen atoms in total. The summed E-state index contributed by atoms with van der Waals surface area (Å²) in [6.07, 6.45) is 0. The molecule has 0 bridgehead atoms. The molecule has 2 N–H and O–H groups in total. The second-order valence-electron chi connectivity index (χ2n) is 6.28. The van der Waals surface area contributed by atoms with Crippen molar-refractivity contribution in [2.75, 3.05) is 19.5 Å². The van der Waals surface area contributed by atoms with Crippen molar-refractivity contribution in [1.82, 2.24) is 10.6 Å². The van der Waals surface area contributed by atoms with Crippen molar-refractivity contribution in [3.8, 4) is 5.75 Å². The molecule has 1 heterocycles. The molecule has 158 valence electrons. The summed E-state index contributed by atoms with van der Waals surface area (Å²) in [6, 6.07) is 11.2. The molecule has 0 unspecified atom stereocenters. The first-order valence-corrected chi connectivity index (χ1v) is 10.9. The van der Waals surface area contributed by atoms with E-state index in [-0.39, 0.29) is 6.61 Å². The molecule has 3 rings (SSSR count). The van der Waals surface area contributed by atoms with Gasteiger partial charge < -0.3 is 20.1 Å². The SMILES string of the molecule is CCOC(=O)C1=C(CSc2cc(Cl)ccc2Cl)NC(=O)N[C@H]1c1ccc(OC)cc1. The number of carbonyl (C=O) groups excluding carboxylic acids is 2. The summed E-state index contributed by atoms with van der Waals surface area (Å²) in [5.41, 5.74) is 1.53. The molecule has 0 aliphatic carbocycles. The van der Waals surface area contributed by atoms with Gasteiger partial charge in [-0.2, -0.15) is 0 Å². The monoisotopic (exact) mass is 466 g/mol. The molecular weight excluding hydrogens is 447 g/mol. The molecule has 0 spiro atoms. The quantitative estimate of drug-likeness (QED) is 0.445. The van der Waals surface area contributed by atoms with Crippen LogP contribution in [0.3, 0.4) is 0 Å². The molecule has 30 heavy (non-hydrogen) atoms.